The maximum Gasteiger partial charge on any atom is 0.325 e. The van der Waals surface area contributed by atoms with Gasteiger partial charge in [-0.3, -0.25) is 19.7 Å². The van der Waals surface area contributed by atoms with Crippen LogP contribution >= 0.6 is 0 Å². The quantitative estimate of drug-likeness (QED) is 0.614. The maximum atomic E-state index is 12.1. The van der Waals surface area contributed by atoms with Gasteiger partial charge in [0.1, 0.15) is 6.54 Å². The first kappa shape index (κ1) is 23.1. The molecule has 0 unspecified atom stereocenters. The molecule has 0 fully saturated rings. The summed E-state index contributed by atoms with van der Waals surface area (Å²) in [6.07, 6.45) is 0.717. The van der Waals surface area contributed by atoms with Gasteiger partial charge in [0, 0.05) is 11.6 Å². The van der Waals surface area contributed by atoms with Crippen LogP contribution in [0.1, 0.15) is 57.0 Å². The molecule has 0 aromatic heterocycles. The molecule has 0 saturated carbocycles. The van der Waals surface area contributed by atoms with E-state index in [0.717, 1.165) is 12.0 Å². The number of hydrogen-bond donors (Lipinski definition) is 3. The van der Waals surface area contributed by atoms with Gasteiger partial charge in [-0.15, -0.1) is 0 Å². The van der Waals surface area contributed by atoms with E-state index in [-0.39, 0.29) is 18.0 Å². The summed E-state index contributed by atoms with van der Waals surface area (Å²) in [5.41, 5.74) is 1.48. The summed E-state index contributed by atoms with van der Waals surface area (Å²) in [7, 11) is 0. The largest absolute Gasteiger partial charge is 0.454 e. The minimum Gasteiger partial charge on any atom is -0.454 e. The van der Waals surface area contributed by atoms with Crippen LogP contribution < -0.4 is 16.0 Å². The van der Waals surface area contributed by atoms with Crippen LogP contribution in [0.2, 0.25) is 0 Å². The van der Waals surface area contributed by atoms with E-state index >= 15 is 0 Å². The first-order valence-electron chi connectivity index (χ1n) is 9.17. The molecule has 0 heterocycles. The fourth-order valence-electron chi connectivity index (χ4n) is 2.10. The van der Waals surface area contributed by atoms with Gasteiger partial charge in [-0.05, 0) is 36.5 Å². The summed E-state index contributed by atoms with van der Waals surface area (Å²) in [6.45, 7) is 8.91. The number of carbonyl (C=O) groups excluding carboxylic acids is 4. The second kappa shape index (κ2) is 10.4. The number of hydrogen-bond acceptors (Lipinski definition) is 5. The topological polar surface area (TPSA) is 114 Å². The first-order chi connectivity index (χ1) is 13.0. The fourth-order valence-corrected chi connectivity index (χ4v) is 2.10. The zero-order valence-corrected chi connectivity index (χ0v) is 17.0. The van der Waals surface area contributed by atoms with Crippen LogP contribution in [-0.4, -0.2) is 43.0 Å². The number of esters is 1. The third-order valence-electron chi connectivity index (χ3n) is 4.01. The number of carbonyl (C=O) groups is 4. The predicted molar refractivity (Wildman–Crippen MR) is 105 cm³/mol. The van der Waals surface area contributed by atoms with E-state index in [2.05, 4.69) is 36.7 Å². The van der Waals surface area contributed by atoms with Crippen molar-refractivity contribution in [1.29, 1.82) is 0 Å². The Bertz CT molecular complexity index is 708. The Balaban J connectivity index is 2.37. The number of urea groups is 1. The lowest BCUT2D eigenvalue weighted by atomic mass is 9.87. The first-order valence-corrected chi connectivity index (χ1v) is 9.17. The van der Waals surface area contributed by atoms with Crippen molar-refractivity contribution in [2.45, 2.75) is 52.5 Å². The molecule has 0 aliphatic rings. The van der Waals surface area contributed by atoms with Crippen molar-refractivity contribution < 1.29 is 23.9 Å². The van der Waals surface area contributed by atoms with Gasteiger partial charge < -0.3 is 15.4 Å². The molecule has 3 N–H and O–H groups in total. The molecule has 0 bridgehead atoms. The van der Waals surface area contributed by atoms with Gasteiger partial charge in [0.2, 0.25) is 0 Å². The third kappa shape index (κ3) is 8.20. The Morgan fingerprint density at radius 2 is 1.68 bits per heavy atom. The number of benzene rings is 1. The molecule has 1 aromatic carbocycles. The molecule has 1 rings (SSSR count). The van der Waals surface area contributed by atoms with Gasteiger partial charge in [0.25, 0.3) is 11.8 Å². The Morgan fingerprint density at radius 3 is 2.21 bits per heavy atom. The molecule has 0 radical (unpaired) electrons. The predicted octanol–water partition coefficient (Wildman–Crippen LogP) is 1.88. The van der Waals surface area contributed by atoms with Crippen molar-refractivity contribution >= 4 is 23.8 Å². The van der Waals surface area contributed by atoms with Gasteiger partial charge in [0.15, 0.2) is 6.61 Å². The monoisotopic (exact) mass is 391 g/mol. The lowest BCUT2D eigenvalue weighted by Crippen LogP contribution is -2.45. The van der Waals surface area contributed by atoms with Crippen molar-refractivity contribution in [3.05, 3.63) is 35.4 Å². The normalized spacial score (nSPS) is 11.9. The minimum atomic E-state index is -0.780. The smallest absolute Gasteiger partial charge is 0.325 e. The Hall–Kier alpha value is -2.90. The average molecular weight is 391 g/mol. The van der Waals surface area contributed by atoms with Crippen LogP contribution in [-0.2, 0) is 19.7 Å². The highest BCUT2D eigenvalue weighted by molar-refractivity contribution is 5.97. The Labute approximate surface area is 165 Å². The number of ether oxygens (including phenoxy) is 1. The van der Waals surface area contributed by atoms with Crippen molar-refractivity contribution in [3.8, 4) is 0 Å². The highest BCUT2D eigenvalue weighted by atomic mass is 16.5. The van der Waals surface area contributed by atoms with Crippen molar-refractivity contribution in [3.63, 3.8) is 0 Å². The van der Waals surface area contributed by atoms with E-state index in [9.17, 15) is 19.2 Å². The summed E-state index contributed by atoms with van der Waals surface area (Å²) in [5.74, 6) is -1.95. The maximum absolute atomic E-state index is 12.1. The summed E-state index contributed by atoms with van der Waals surface area (Å²) in [4.78, 5) is 46.8. The van der Waals surface area contributed by atoms with Crippen molar-refractivity contribution in [2.24, 2.45) is 0 Å². The minimum absolute atomic E-state index is 0.0229. The number of nitrogens with one attached hydrogen (secondary N) is 3. The highest BCUT2D eigenvalue weighted by Crippen LogP contribution is 2.22. The Morgan fingerprint density at radius 1 is 1.07 bits per heavy atom. The summed E-state index contributed by atoms with van der Waals surface area (Å²) in [6, 6.07) is 6.37. The number of amides is 4. The molecule has 0 aliphatic carbocycles. The molecule has 154 valence electrons. The van der Waals surface area contributed by atoms with Crippen LogP contribution in [0.25, 0.3) is 0 Å². The van der Waals surface area contributed by atoms with Gasteiger partial charge in [-0.2, -0.15) is 0 Å². The SMILES string of the molecule is CC[C@@H](C)NC(=O)NC(=O)COC(=O)CNC(=O)c1ccc(C(C)(C)C)cc1. The van der Waals surface area contributed by atoms with Crippen LogP contribution in [0.5, 0.6) is 0 Å². The second-order valence-electron chi connectivity index (χ2n) is 7.50. The zero-order valence-electron chi connectivity index (χ0n) is 17.0. The molecule has 8 heteroatoms. The van der Waals surface area contributed by atoms with Crippen molar-refractivity contribution in [1.82, 2.24) is 16.0 Å². The van der Waals surface area contributed by atoms with Gasteiger partial charge in [-0.1, -0.05) is 39.8 Å². The van der Waals surface area contributed by atoms with Crippen LogP contribution in [0.15, 0.2) is 24.3 Å². The van der Waals surface area contributed by atoms with E-state index in [1.807, 2.05) is 19.1 Å². The van der Waals surface area contributed by atoms with Gasteiger partial charge in [0.05, 0.1) is 0 Å². The molecule has 0 aliphatic heterocycles. The molecule has 8 nitrogen and oxygen atoms in total. The molecule has 4 amide bonds. The lowest BCUT2D eigenvalue weighted by Gasteiger charge is -2.19. The number of imide groups is 1. The third-order valence-corrected chi connectivity index (χ3v) is 4.01. The summed E-state index contributed by atoms with van der Waals surface area (Å²) < 4.78 is 4.74. The van der Waals surface area contributed by atoms with E-state index in [4.69, 9.17) is 4.74 Å². The van der Waals surface area contributed by atoms with Crippen LogP contribution in [0, 0.1) is 0 Å². The van der Waals surface area contributed by atoms with Crippen LogP contribution in [0.3, 0.4) is 0 Å². The molecule has 28 heavy (non-hydrogen) atoms. The number of rotatable bonds is 7. The lowest BCUT2D eigenvalue weighted by molar-refractivity contribution is -0.147. The van der Waals surface area contributed by atoms with Crippen LogP contribution in [0.4, 0.5) is 4.79 Å². The van der Waals surface area contributed by atoms with E-state index in [0.29, 0.717) is 5.56 Å². The van der Waals surface area contributed by atoms with E-state index in [1.165, 1.54) is 0 Å². The van der Waals surface area contributed by atoms with Crippen molar-refractivity contribution in [2.75, 3.05) is 13.2 Å². The summed E-state index contributed by atoms with van der Waals surface area (Å²) >= 11 is 0. The highest BCUT2D eigenvalue weighted by Gasteiger charge is 2.16. The molecular formula is C20H29N3O5. The summed E-state index contributed by atoms with van der Waals surface area (Å²) in [5, 5.41) is 7.04. The second-order valence-corrected chi connectivity index (χ2v) is 7.50. The van der Waals surface area contributed by atoms with E-state index < -0.39 is 30.4 Å². The zero-order chi connectivity index (χ0) is 21.3. The molecular weight excluding hydrogens is 362 g/mol. The molecule has 1 aromatic rings. The van der Waals surface area contributed by atoms with Gasteiger partial charge in [-0.25, -0.2) is 4.79 Å². The van der Waals surface area contributed by atoms with Gasteiger partial charge >= 0.3 is 12.0 Å². The Kier molecular flexibility index (Phi) is 8.63. The standard InChI is InChI=1S/C20H29N3O5/c1-6-13(2)22-19(27)23-16(24)12-28-17(25)11-21-18(26)14-7-9-15(10-8-14)20(3,4)5/h7-10,13H,6,11-12H2,1-5H3,(H,21,26)(H2,22,23,24,27)/t13-/m1/s1. The molecule has 0 spiro atoms. The average Bonchev–Trinajstić information content (AvgIpc) is 2.63. The molecule has 1 atom stereocenters. The van der Waals surface area contributed by atoms with E-state index in [1.54, 1.807) is 19.1 Å². The fraction of sp³-hybridized carbons (Fsp3) is 0.500. The molecule has 0 saturated heterocycles.